The molecule has 2 fully saturated rings. The number of carbonyl (C=O) groups excluding carboxylic acids is 1. The van der Waals surface area contributed by atoms with Crippen molar-refractivity contribution in [2.75, 3.05) is 13.2 Å². The summed E-state index contributed by atoms with van der Waals surface area (Å²) in [7, 11) is 0. The fourth-order valence-corrected chi connectivity index (χ4v) is 3.18. The fraction of sp³-hybridized carbons (Fsp3) is 0.562. The maximum absolute atomic E-state index is 13.1. The molecule has 3 atom stereocenters. The second kappa shape index (κ2) is 6.12. The summed E-state index contributed by atoms with van der Waals surface area (Å²) in [6.45, 7) is 3.36. The van der Waals surface area contributed by atoms with Gasteiger partial charge in [0.15, 0.2) is 0 Å². The first-order valence-electron chi connectivity index (χ1n) is 7.62. The number of hydrogen-bond acceptors (Lipinski definition) is 3. The number of ether oxygens (including phenoxy) is 1. The van der Waals surface area contributed by atoms with Crippen molar-refractivity contribution < 1.29 is 13.9 Å². The third-order valence-corrected chi connectivity index (χ3v) is 4.25. The van der Waals surface area contributed by atoms with Crippen molar-refractivity contribution in [2.45, 2.75) is 44.4 Å². The van der Waals surface area contributed by atoms with Crippen molar-refractivity contribution in [3.05, 3.63) is 35.6 Å². The summed E-state index contributed by atoms with van der Waals surface area (Å²) in [5.74, 6) is -0.120. The molecule has 0 radical (unpaired) electrons. The van der Waals surface area contributed by atoms with E-state index in [9.17, 15) is 9.18 Å². The maximum Gasteiger partial charge on any atom is 0.241 e. The SMILES string of the molecule is CCCC1NC(c2ccc(F)cc2)N(C2CCOC2)C1=O. The first-order valence-corrected chi connectivity index (χ1v) is 7.62. The number of hydrogen-bond donors (Lipinski definition) is 1. The van der Waals surface area contributed by atoms with E-state index in [0.29, 0.717) is 13.2 Å². The van der Waals surface area contributed by atoms with Gasteiger partial charge in [0.05, 0.1) is 18.7 Å². The Labute approximate surface area is 124 Å². The van der Waals surface area contributed by atoms with Gasteiger partial charge in [-0.15, -0.1) is 0 Å². The summed E-state index contributed by atoms with van der Waals surface area (Å²) in [6.07, 6.45) is 2.46. The summed E-state index contributed by atoms with van der Waals surface area (Å²) in [4.78, 5) is 14.6. The molecule has 2 heterocycles. The highest BCUT2D eigenvalue weighted by Gasteiger charge is 2.43. The van der Waals surface area contributed by atoms with Crippen molar-refractivity contribution in [3.8, 4) is 0 Å². The number of halogens is 1. The van der Waals surface area contributed by atoms with E-state index in [0.717, 1.165) is 24.8 Å². The molecule has 2 aliphatic heterocycles. The van der Waals surface area contributed by atoms with E-state index in [2.05, 4.69) is 12.2 Å². The number of amides is 1. The molecular weight excluding hydrogens is 271 g/mol. The zero-order valence-electron chi connectivity index (χ0n) is 12.2. The average molecular weight is 292 g/mol. The number of rotatable bonds is 4. The quantitative estimate of drug-likeness (QED) is 0.925. The highest BCUT2D eigenvalue weighted by Crippen LogP contribution is 2.31. The largest absolute Gasteiger partial charge is 0.379 e. The minimum atomic E-state index is -0.260. The van der Waals surface area contributed by atoms with Crippen LogP contribution in [0.15, 0.2) is 24.3 Å². The zero-order chi connectivity index (χ0) is 14.8. The number of nitrogens with one attached hydrogen (secondary N) is 1. The van der Waals surface area contributed by atoms with E-state index in [-0.39, 0.29) is 30.0 Å². The van der Waals surface area contributed by atoms with Crippen LogP contribution in [0, 0.1) is 5.82 Å². The van der Waals surface area contributed by atoms with Crippen LogP contribution in [-0.4, -0.2) is 36.1 Å². The normalized spacial score (nSPS) is 29.3. The van der Waals surface area contributed by atoms with Crippen LogP contribution >= 0.6 is 0 Å². The smallest absolute Gasteiger partial charge is 0.241 e. The summed E-state index contributed by atoms with van der Waals surface area (Å²) in [5.41, 5.74) is 0.926. The molecule has 1 aromatic rings. The fourth-order valence-electron chi connectivity index (χ4n) is 3.18. The summed E-state index contributed by atoms with van der Waals surface area (Å²) >= 11 is 0. The molecule has 0 aliphatic carbocycles. The highest BCUT2D eigenvalue weighted by atomic mass is 19.1. The Kier molecular flexibility index (Phi) is 4.22. The van der Waals surface area contributed by atoms with Gasteiger partial charge >= 0.3 is 0 Å². The second-order valence-corrected chi connectivity index (χ2v) is 5.72. The van der Waals surface area contributed by atoms with Crippen LogP contribution in [0.3, 0.4) is 0 Å². The summed E-state index contributed by atoms with van der Waals surface area (Å²) < 4.78 is 18.6. The predicted molar refractivity (Wildman–Crippen MR) is 77.0 cm³/mol. The molecule has 4 nitrogen and oxygen atoms in total. The molecule has 2 saturated heterocycles. The molecule has 0 aromatic heterocycles. The Balaban J connectivity index is 1.87. The Bertz CT molecular complexity index is 500. The lowest BCUT2D eigenvalue weighted by atomic mass is 10.1. The monoisotopic (exact) mass is 292 g/mol. The lowest BCUT2D eigenvalue weighted by Crippen LogP contribution is -2.40. The van der Waals surface area contributed by atoms with Gasteiger partial charge in [0.1, 0.15) is 12.0 Å². The molecule has 0 saturated carbocycles. The van der Waals surface area contributed by atoms with Crippen LogP contribution in [0.1, 0.15) is 37.9 Å². The molecule has 5 heteroatoms. The van der Waals surface area contributed by atoms with Crippen molar-refractivity contribution in [3.63, 3.8) is 0 Å². The zero-order valence-corrected chi connectivity index (χ0v) is 12.2. The number of nitrogens with zero attached hydrogens (tertiary/aromatic N) is 1. The van der Waals surface area contributed by atoms with Gasteiger partial charge < -0.3 is 9.64 Å². The van der Waals surface area contributed by atoms with Gasteiger partial charge in [0.25, 0.3) is 0 Å². The van der Waals surface area contributed by atoms with Crippen LogP contribution in [0.4, 0.5) is 4.39 Å². The van der Waals surface area contributed by atoms with Crippen molar-refractivity contribution >= 4 is 5.91 Å². The third kappa shape index (κ3) is 2.80. The molecule has 1 aromatic carbocycles. The molecule has 2 aliphatic rings. The second-order valence-electron chi connectivity index (χ2n) is 5.72. The first-order chi connectivity index (χ1) is 10.2. The number of benzene rings is 1. The summed E-state index contributed by atoms with van der Waals surface area (Å²) in [6, 6.07) is 6.35. The molecule has 21 heavy (non-hydrogen) atoms. The van der Waals surface area contributed by atoms with Crippen LogP contribution in [0.25, 0.3) is 0 Å². The maximum atomic E-state index is 13.1. The summed E-state index contributed by atoms with van der Waals surface area (Å²) in [5, 5.41) is 3.40. The van der Waals surface area contributed by atoms with Crippen LogP contribution in [-0.2, 0) is 9.53 Å². The number of carbonyl (C=O) groups is 1. The molecule has 1 N–H and O–H groups in total. The Morgan fingerprint density at radius 3 is 2.76 bits per heavy atom. The predicted octanol–water partition coefficient (Wildman–Crippen LogP) is 2.21. The third-order valence-electron chi connectivity index (χ3n) is 4.25. The molecule has 0 bridgehead atoms. The highest BCUT2D eigenvalue weighted by molar-refractivity contribution is 5.85. The van der Waals surface area contributed by atoms with E-state index < -0.39 is 0 Å². The van der Waals surface area contributed by atoms with E-state index in [1.54, 1.807) is 12.1 Å². The van der Waals surface area contributed by atoms with Crippen molar-refractivity contribution in [1.82, 2.24) is 10.2 Å². The van der Waals surface area contributed by atoms with E-state index in [4.69, 9.17) is 4.74 Å². The van der Waals surface area contributed by atoms with Gasteiger partial charge in [-0.25, -0.2) is 4.39 Å². The van der Waals surface area contributed by atoms with Gasteiger partial charge in [-0.3, -0.25) is 10.1 Å². The lowest BCUT2D eigenvalue weighted by molar-refractivity contribution is -0.132. The molecular formula is C16H21FN2O2. The van der Waals surface area contributed by atoms with Gasteiger partial charge in [0, 0.05) is 6.61 Å². The van der Waals surface area contributed by atoms with E-state index in [1.165, 1.54) is 12.1 Å². The van der Waals surface area contributed by atoms with E-state index in [1.807, 2.05) is 4.90 Å². The van der Waals surface area contributed by atoms with Gasteiger partial charge in [-0.1, -0.05) is 25.5 Å². The van der Waals surface area contributed by atoms with Gasteiger partial charge in [0.2, 0.25) is 5.91 Å². The minimum Gasteiger partial charge on any atom is -0.379 e. The first kappa shape index (κ1) is 14.5. The molecule has 1 amide bonds. The van der Waals surface area contributed by atoms with Crippen molar-refractivity contribution in [2.24, 2.45) is 0 Å². The Hall–Kier alpha value is -1.46. The standard InChI is InChI=1S/C16H21FN2O2/c1-2-3-14-16(20)19(13-8-9-21-10-13)15(18-14)11-4-6-12(17)7-5-11/h4-7,13-15,18H,2-3,8-10H2,1H3. The van der Waals surface area contributed by atoms with Gasteiger partial charge in [-0.2, -0.15) is 0 Å². The van der Waals surface area contributed by atoms with Crippen molar-refractivity contribution in [1.29, 1.82) is 0 Å². The molecule has 114 valence electrons. The van der Waals surface area contributed by atoms with Crippen LogP contribution in [0.2, 0.25) is 0 Å². The van der Waals surface area contributed by atoms with Crippen LogP contribution in [0.5, 0.6) is 0 Å². The topological polar surface area (TPSA) is 41.6 Å². The average Bonchev–Trinajstić information content (AvgIpc) is 3.09. The molecule has 0 spiro atoms. The molecule has 3 unspecified atom stereocenters. The minimum absolute atomic E-state index is 0.113. The Morgan fingerprint density at radius 1 is 1.38 bits per heavy atom. The lowest BCUT2D eigenvalue weighted by Gasteiger charge is -2.29. The van der Waals surface area contributed by atoms with Crippen LogP contribution < -0.4 is 5.32 Å². The van der Waals surface area contributed by atoms with Gasteiger partial charge in [-0.05, 0) is 30.5 Å². The molecule has 3 rings (SSSR count). The Morgan fingerprint density at radius 2 is 2.14 bits per heavy atom. The van der Waals surface area contributed by atoms with E-state index >= 15 is 0 Å².